The first kappa shape index (κ1) is 21.2. The van der Waals surface area contributed by atoms with Crippen molar-refractivity contribution in [3.63, 3.8) is 0 Å². The van der Waals surface area contributed by atoms with Crippen molar-refractivity contribution in [2.45, 2.75) is 38.6 Å². The van der Waals surface area contributed by atoms with Gasteiger partial charge in [0.1, 0.15) is 11.1 Å². The van der Waals surface area contributed by atoms with Crippen LogP contribution < -0.4 is 5.32 Å². The number of thiophene rings is 1. The third-order valence-corrected chi connectivity index (χ3v) is 7.46. The second-order valence-corrected chi connectivity index (χ2v) is 9.46. The number of fused-ring (bicyclic) bond motifs is 2. The summed E-state index contributed by atoms with van der Waals surface area (Å²) in [5, 5.41) is 13.2. The third-order valence-electron chi connectivity index (χ3n) is 6.33. The summed E-state index contributed by atoms with van der Waals surface area (Å²) in [7, 11) is 0. The Balaban J connectivity index is 1.26. The Morgan fingerprint density at radius 1 is 1.21 bits per heavy atom. The number of anilines is 1. The molecule has 2 aliphatic rings. The Morgan fingerprint density at radius 2 is 2.06 bits per heavy atom. The molecule has 1 aliphatic carbocycles. The molecule has 5 rings (SSSR count). The number of rotatable bonds is 5. The van der Waals surface area contributed by atoms with Crippen molar-refractivity contribution in [2.75, 3.05) is 11.9 Å². The topological polar surface area (TPSA) is 89.0 Å². The summed E-state index contributed by atoms with van der Waals surface area (Å²) in [6, 6.07) is 11.2. The smallest absolute Gasteiger partial charge is 0.256 e. The Morgan fingerprint density at radius 3 is 2.88 bits per heavy atom. The van der Waals surface area contributed by atoms with Crippen LogP contribution in [-0.4, -0.2) is 28.2 Å². The monoisotopic (exact) mass is 456 g/mol. The highest BCUT2D eigenvalue weighted by Crippen LogP contribution is 2.37. The van der Waals surface area contributed by atoms with Gasteiger partial charge >= 0.3 is 0 Å². The van der Waals surface area contributed by atoms with Gasteiger partial charge in [-0.15, -0.1) is 11.3 Å². The van der Waals surface area contributed by atoms with E-state index in [-0.39, 0.29) is 11.8 Å². The van der Waals surface area contributed by atoms with Gasteiger partial charge in [0, 0.05) is 35.3 Å². The molecule has 33 heavy (non-hydrogen) atoms. The van der Waals surface area contributed by atoms with E-state index in [0.29, 0.717) is 48.5 Å². The van der Waals surface area contributed by atoms with Crippen LogP contribution in [0.3, 0.4) is 0 Å². The van der Waals surface area contributed by atoms with Gasteiger partial charge in [0.2, 0.25) is 5.91 Å². The number of carbonyl (C=O) groups is 2. The molecule has 166 valence electrons. The first-order valence-electron chi connectivity index (χ1n) is 11.2. The maximum absolute atomic E-state index is 13.0. The van der Waals surface area contributed by atoms with E-state index in [1.807, 2.05) is 29.3 Å². The molecule has 1 aromatic carbocycles. The quantitative estimate of drug-likeness (QED) is 0.584. The summed E-state index contributed by atoms with van der Waals surface area (Å²) in [5.41, 5.74) is 5.73. The first-order valence-corrected chi connectivity index (χ1v) is 12.0. The average molecular weight is 457 g/mol. The van der Waals surface area contributed by atoms with Gasteiger partial charge in [-0.1, -0.05) is 30.4 Å². The molecule has 2 N–H and O–H groups in total. The van der Waals surface area contributed by atoms with Crippen LogP contribution in [0.25, 0.3) is 6.08 Å². The predicted octanol–water partition coefficient (Wildman–Crippen LogP) is 4.68. The van der Waals surface area contributed by atoms with E-state index < -0.39 is 0 Å². The van der Waals surface area contributed by atoms with E-state index in [4.69, 9.17) is 0 Å². The molecule has 1 aliphatic heterocycles. The highest BCUT2D eigenvalue weighted by atomic mass is 32.1. The largest absolute Gasteiger partial charge is 0.364 e. The molecular formula is C26H24N4O2S. The lowest BCUT2D eigenvalue weighted by Gasteiger charge is -2.27. The van der Waals surface area contributed by atoms with E-state index >= 15 is 0 Å². The van der Waals surface area contributed by atoms with Crippen LogP contribution in [0, 0.1) is 11.3 Å². The molecular weight excluding hydrogens is 432 g/mol. The minimum atomic E-state index is -0.234. The Bertz CT molecular complexity index is 1280. The molecule has 2 amide bonds. The van der Waals surface area contributed by atoms with E-state index in [0.717, 1.165) is 23.3 Å². The number of aromatic amines is 1. The van der Waals surface area contributed by atoms with Crippen molar-refractivity contribution < 1.29 is 9.59 Å². The van der Waals surface area contributed by atoms with Crippen molar-refractivity contribution in [3.05, 3.63) is 81.0 Å². The summed E-state index contributed by atoms with van der Waals surface area (Å²) >= 11 is 1.40. The van der Waals surface area contributed by atoms with Crippen LogP contribution in [0.1, 0.15) is 56.0 Å². The fraction of sp³-hybridized carbons (Fsp3) is 0.269. The zero-order chi connectivity index (χ0) is 22.8. The lowest BCUT2D eigenvalue weighted by molar-refractivity contribution is -0.132. The van der Waals surface area contributed by atoms with Crippen molar-refractivity contribution in [2.24, 2.45) is 0 Å². The summed E-state index contributed by atoms with van der Waals surface area (Å²) in [6.07, 6.45) is 10.3. The van der Waals surface area contributed by atoms with Gasteiger partial charge in [-0.2, -0.15) is 5.26 Å². The minimum Gasteiger partial charge on any atom is -0.364 e. The van der Waals surface area contributed by atoms with Gasteiger partial charge in [-0.05, 0) is 54.5 Å². The van der Waals surface area contributed by atoms with Crippen molar-refractivity contribution >= 4 is 34.2 Å². The molecule has 7 heteroatoms. The van der Waals surface area contributed by atoms with Crippen molar-refractivity contribution in [1.82, 2.24) is 9.88 Å². The lowest BCUT2D eigenvalue weighted by Crippen LogP contribution is -2.35. The molecule has 2 aromatic heterocycles. The van der Waals surface area contributed by atoms with Crippen LogP contribution in [0.5, 0.6) is 0 Å². The molecule has 0 radical (unpaired) electrons. The van der Waals surface area contributed by atoms with Gasteiger partial charge in [0.25, 0.3) is 5.91 Å². The third kappa shape index (κ3) is 4.22. The van der Waals surface area contributed by atoms with E-state index in [9.17, 15) is 14.9 Å². The number of hydrogen-bond donors (Lipinski definition) is 2. The van der Waals surface area contributed by atoms with Gasteiger partial charge < -0.3 is 15.2 Å². The van der Waals surface area contributed by atoms with E-state index in [1.54, 1.807) is 12.1 Å². The van der Waals surface area contributed by atoms with Gasteiger partial charge in [0.05, 0.1) is 12.1 Å². The second-order valence-electron chi connectivity index (χ2n) is 8.35. The molecule has 6 nitrogen and oxygen atoms in total. The number of nitrogens with one attached hydrogen (secondary N) is 2. The Hall–Kier alpha value is -3.63. The van der Waals surface area contributed by atoms with Crippen LogP contribution >= 0.6 is 11.3 Å². The van der Waals surface area contributed by atoms with E-state index in [2.05, 4.69) is 28.5 Å². The second kappa shape index (κ2) is 9.08. The van der Waals surface area contributed by atoms with Gasteiger partial charge in [-0.25, -0.2) is 0 Å². The number of hydrogen-bond acceptors (Lipinski definition) is 4. The van der Waals surface area contributed by atoms with E-state index in [1.165, 1.54) is 28.2 Å². The Kier molecular flexibility index (Phi) is 5.84. The molecule has 3 aromatic rings. The highest BCUT2D eigenvalue weighted by molar-refractivity contribution is 7.16. The number of aryl methyl sites for hydroxylation is 2. The first-order chi connectivity index (χ1) is 16.1. The van der Waals surface area contributed by atoms with Crippen molar-refractivity contribution in [3.8, 4) is 6.07 Å². The fourth-order valence-corrected chi connectivity index (χ4v) is 5.77. The zero-order valence-corrected chi connectivity index (χ0v) is 19.0. The molecule has 0 saturated heterocycles. The van der Waals surface area contributed by atoms with Crippen LogP contribution in [0.2, 0.25) is 0 Å². The number of nitriles is 1. The molecule has 0 bridgehead atoms. The number of benzene rings is 1. The zero-order valence-electron chi connectivity index (χ0n) is 18.2. The normalized spacial score (nSPS) is 14.3. The van der Waals surface area contributed by atoms with Gasteiger partial charge in [0.15, 0.2) is 0 Å². The average Bonchev–Trinajstić information content (AvgIpc) is 3.43. The van der Waals surface area contributed by atoms with Crippen LogP contribution in [0.4, 0.5) is 5.00 Å². The molecule has 0 atom stereocenters. The molecule has 0 unspecified atom stereocenters. The van der Waals surface area contributed by atoms with Gasteiger partial charge in [-0.3, -0.25) is 9.59 Å². The number of aromatic nitrogens is 1. The molecule has 0 saturated carbocycles. The number of H-pyrrole nitrogens is 1. The summed E-state index contributed by atoms with van der Waals surface area (Å²) < 4.78 is 0. The lowest BCUT2D eigenvalue weighted by atomic mass is 9.99. The maximum atomic E-state index is 13.0. The molecule has 0 fully saturated rings. The van der Waals surface area contributed by atoms with Crippen LogP contribution in [0.15, 0.2) is 42.6 Å². The highest BCUT2D eigenvalue weighted by Gasteiger charge is 2.27. The number of amides is 2. The molecule has 0 spiro atoms. The standard InChI is InChI=1S/C26H24N4O2S/c27-14-21-20-12-13-30(24(31)11-10-18-15-28-22-9-5-4-8-19(18)22)16-23(20)33-26(21)29-25(32)17-6-2-1-3-7-17/h1-4,6-8,15,28H,5,9-13,16H2,(H,29,32). The van der Waals surface area contributed by atoms with Crippen molar-refractivity contribution in [1.29, 1.82) is 5.26 Å². The Labute approximate surface area is 196 Å². The summed E-state index contributed by atoms with van der Waals surface area (Å²) in [5.74, 6) is -0.111. The summed E-state index contributed by atoms with van der Waals surface area (Å²) in [4.78, 5) is 31.7. The number of allylic oxidation sites excluding steroid dienone is 1. The fourth-order valence-electron chi connectivity index (χ4n) is 4.56. The number of nitrogens with zero attached hydrogens (tertiary/aromatic N) is 2. The predicted molar refractivity (Wildman–Crippen MR) is 129 cm³/mol. The number of carbonyl (C=O) groups excluding carboxylic acids is 2. The summed E-state index contributed by atoms with van der Waals surface area (Å²) in [6.45, 7) is 1.08. The maximum Gasteiger partial charge on any atom is 0.256 e. The SMILES string of the molecule is N#Cc1c(NC(=O)c2ccccc2)sc2c1CCN(C(=O)CCc1c[nH]c3c1C=CCC3)C2. The molecule has 3 heterocycles. The van der Waals surface area contributed by atoms with Crippen LogP contribution in [-0.2, 0) is 30.6 Å². The minimum absolute atomic E-state index is 0.122.